The maximum Gasteiger partial charge on any atom is 0.325 e. The van der Waals surface area contributed by atoms with Gasteiger partial charge in [-0.1, -0.05) is 12.1 Å². The van der Waals surface area contributed by atoms with Gasteiger partial charge in [0.05, 0.1) is 24.0 Å². The maximum absolute atomic E-state index is 11.6. The van der Waals surface area contributed by atoms with Gasteiger partial charge in [0.2, 0.25) is 0 Å². The summed E-state index contributed by atoms with van der Waals surface area (Å²) in [4.78, 5) is 13.9. The molecule has 1 aliphatic rings. The van der Waals surface area contributed by atoms with Crippen LogP contribution in [0.3, 0.4) is 0 Å². The largest absolute Gasteiger partial charge is 0.386 e. The highest BCUT2D eigenvalue weighted by atomic mass is 31.2. The fraction of sp³-hybridized carbons (Fsp3) is 0.533. The van der Waals surface area contributed by atoms with E-state index in [4.69, 9.17) is 14.0 Å². The summed E-state index contributed by atoms with van der Waals surface area (Å²) in [6, 6.07) is 5.72. The third kappa shape index (κ3) is 3.26. The second-order valence-corrected chi connectivity index (χ2v) is 7.80. The summed E-state index contributed by atoms with van der Waals surface area (Å²) >= 11 is 0. The predicted octanol–water partition coefficient (Wildman–Crippen LogP) is 1.45. The van der Waals surface area contributed by atoms with Gasteiger partial charge in [0.25, 0.3) is 0 Å². The van der Waals surface area contributed by atoms with Gasteiger partial charge >= 0.3 is 7.60 Å². The molecule has 0 spiro atoms. The van der Waals surface area contributed by atoms with Gasteiger partial charge in [0, 0.05) is 13.8 Å². The minimum atomic E-state index is -3.79. The zero-order valence-corrected chi connectivity index (χ0v) is 14.6. The summed E-state index contributed by atoms with van der Waals surface area (Å²) in [5.74, 6) is 0. The van der Waals surface area contributed by atoms with Crippen molar-refractivity contribution in [2.24, 2.45) is 0 Å². The number of aliphatic hydroxyl groups is 1. The van der Waals surface area contributed by atoms with Crippen LogP contribution in [-0.2, 0) is 18.6 Å². The molecule has 0 aliphatic carbocycles. The first kappa shape index (κ1) is 17.5. The Morgan fingerprint density at radius 1 is 1.46 bits per heavy atom. The van der Waals surface area contributed by atoms with Gasteiger partial charge in [0.1, 0.15) is 18.3 Å². The fourth-order valence-electron chi connectivity index (χ4n) is 3.01. The van der Waals surface area contributed by atoms with E-state index in [0.717, 1.165) is 23.3 Å². The first-order valence-electron chi connectivity index (χ1n) is 7.55. The highest BCUT2D eigenvalue weighted by Crippen LogP contribution is 2.44. The molecule has 1 fully saturated rings. The average Bonchev–Trinajstić information content (AvgIpc) is 3.03. The molecule has 0 bridgehead atoms. The highest BCUT2D eigenvalue weighted by Gasteiger charge is 2.47. The maximum atomic E-state index is 11.6. The second-order valence-electron chi connectivity index (χ2n) is 5.98. The van der Waals surface area contributed by atoms with Crippen LogP contribution in [0.5, 0.6) is 0 Å². The SMILES string of the molecule is COCC1OC(n2cnc3c(C)cccc32)C(O)C1OP(C)(=O)O. The average molecular weight is 356 g/mol. The summed E-state index contributed by atoms with van der Waals surface area (Å²) in [7, 11) is -2.31. The van der Waals surface area contributed by atoms with Crippen LogP contribution >= 0.6 is 7.60 Å². The number of fused-ring (bicyclic) bond motifs is 1. The fourth-order valence-corrected chi connectivity index (χ4v) is 3.72. The van der Waals surface area contributed by atoms with E-state index in [9.17, 15) is 14.6 Å². The molecule has 0 saturated carbocycles. The molecule has 1 aliphatic heterocycles. The normalized spacial score (nSPS) is 29.9. The monoisotopic (exact) mass is 356 g/mol. The van der Waals surface area contributed by atoms with E-state index in [-0.39, 0.29) is 6.61 Å². The van der Waals surface area contributed by atoms with Crippen LogP contribution in [0.1, 0.15) is 11.8 Å². The molecular weight excluding hydrogens is 335 g/mol. The van der Waals surface area contributed by atoms with Gasteiger partial charge in [-0.25, -0.2) is 4.98 Å². The molecule has 1 saturated heterocycles. The Hall–Kier alpha value is -1.28. The van der Waals surface area contributed by atoms with E-state index in [2.05, 4.69) is 4.98 Å². The molecule has 24 heavy (non-hydrogen) atoms. The highest BCUT2D eigenvalue weighted by molar-refractivity contribution is 7.51. The molecule has 0 amide bonds. The van der Waals surface area contributed by atoms with Crippen molar-refractivity contribution >= 4 is 18.6 Å². The van der Waals surface area contributed by atoms with Gasteiger partial charge in [-0.15, -0.1) is 0 Å². The standard InChI is InChI=1S/C15H21N2O6P/c1-9-5-4-6-10-12(9)16-8-17(10)15-13(18)14(23-24(3,19)20)11(22-15)7-21-2/h4-6,8,11,13-15,18H,7H2,1-3H3,(H,19,20). The van der Waals surface area contributed by atoms with Crippen molar-refractivity contribution in [2.75, 3.05) is 20.4 Å². The quantitative estimate of drug-likeness (QED) is 0.782. The molecule has 3 rings (SSSR count). The van der Waals surface area contributed by atoms with Crippen molar-refractivity contribution in [3.8, 4) is 0 Å². The third-order valence-corrected chi connectivity index (χ3v) is 4.67. The number of hydrogen-bond acceptors (Lipinski definition) is 6. The molecular formula is C15H21N2O6P. The number of rotatable bonds is 5. The van der Waals surface area contributed by atoms with Crippen molar-refractivity contribution in [3.05, 3.63) is 30.1 Å². The van der Waals surface area contributed by atoms with Crippen LogP contribution in [-0.4, -0.2) is 58.2 Å². The number of aromatic nitrogens is 2. The molecule has 5 unspecified atom stereocenters. The number of ether oxygens (including phenoxy) is 2. The van der Waals surface area contributed by atoms with Crippen LogP contribution in [0.15, 0.2) is 24.5 Å². The van der Waals surface area contributed by atoms with E-state index in [1.54, 1.807) is 10.9 Å². The third-order valence-electron chi connectivity index (χ3n) is 4.04. The number of benzene rings is 1. The van der Waals surface area contributed by atoms with Crippen LogP contribution in [0.2, 0.25) is 0 Å². The van der Waals surface area contributed by atoms with Gasteiger partial charge in [-0.05, 0) is 18.6 Å². The smallest absolute Gasteiger partial charge is 0.325 e. The summed E-state index contributed by atoms with van der Waals surface area (Å²) in [6.45, 7) is 3.15. The minimum absolute atomic E-state index is 0.129. The molecule has 132 valence electrons. The lowest BCUT2D eigenvalue weighted by molar-refractivity contribution is -0.0569. The first-order valence-corrected chi connectivity index (χ1v) is 9.57. The van der Waals surface area contributed by atoms with E-state index in [0.29, 0.717) is 0 Å². The molecule has 1 aromatic carbocycles. The number of methoxy groups -OCH3 is 1. The Labute approximate surface area is 139 Å². The van der Waals surface area contributed by atoms with Crippen molar-refractivity contribution in [1.29, 1.82) is 0 Å². The van der Waals surface area contributed by atoms with Gasteiger partial charge < -0.3 is 24.0 Å². The van der Waals surface area contributed by atoms with Crippen LogP contribution in [0.25, 0.3) is 11.0 Å². The summed E-state index contributed by atoms with van der Waals surface area (Å²) < 4.78 is 29.4. The Bertz CT molecular complexity index is 772. The minimum Gasteiger partial charge on any atom is -0.386 e. The Morgan fingerprint density at radius 3 is 2.88 bits per heavy atom. The van der Waals surface area contributed by atoms with Gasteiger partial charge in [-0.3, -0.25) is 9.09 Å². The molecule has 5 atom stereocenters. The lowest BCUT2D eigenvalue weighted by Crippen LogP contribution is -2.35. The van der Waals surface area contributed by atoms with Crippen molar-refractivity contribution in [3.63, 3.8) is 0 Å². The number of aliphatic hydroxyl groups excluding tert-OH is 1. The van der Waals surface area contributed by atoms with E-state index >= 15 is 0 Å². The van der Waals surface area contributed by atoms with E-state index in [1.807, 2.05) is 25.1 Å². The van der Waals surface area contributed by atoms with Crippen molar-refractivity contribution < 1.29 is 28.6 Å². The number of para-hydroxylation sites is 1. The van der Waals surface area contributed by atoms with E-state index in [1.165, 1.54) is 7.11 Å². The van der Waals surface area contributed by atoms with Crippen LogP contribution < -0.4 is 0 Å². The summed E-state index contributed by atoms with van der Waals surface area (Å²) in [5, 5.41) is 10.6. The molecule has 8 nitrogen and oxygen atoms in total. The molecule has 2 N–H and O–H groups in total. The Kier molecular flexibility index (Phi) is 4.79. The number of nitrogens with zero attached hydrogens (tertiary/aromatic N) is 2. The molecule has 2 aromatic rings. The first-order chi connectivity index (χ1) is 11.3. The molecule has 0 radical (unpaired) electrons. The van der Waals surface area contributed by atoms with Crippen molar-refractivity contribution in [1.82, 2.24) is 9.55 Å². The second kappa shape index (κ2) is 6.55. The summed E-state index contributed by atoms with van der Waals surface area (Å²) in [6.07, 6.45) is -1.98. The molecule has 2 heterocycles. The molecule has 9 heteroatoms. The number of hydrogen-bond donors (Lipinski definition) is 2. The predicted molar refractivity (Wildman–Crippen MR) is 86.9 cm³/mol. The van der Waals surface area contributed by atoms with Crippen LogP contribution in [0.4, 0.5) is 0 Å². The lowest BCUT2D eigenvalue weighted by Gasteiger charge is -2.21. The zero-order chi connectivity index (χ0) is 17.5. The van der Waals surface area contributed by atoms with E-state index < -0.39 is 32.1 Å². The van der Waals surface area contributed by atoms with Gasteiger partial charge in [0.15, 0.2) is 6.23 Å². The molecule has 1 aromatic heterocycles. The Balaban J connectivity index is 1.95. The Morgan fingerprint density at radius 2 is 2.21 bits per heavy atom. The number of imidazole rings is 1. The topological polar surface area (TPSA) is 103 Å². The van der Waals surface area contributed by atoms with Crippen LogP contribution in [0, 0.1) is 6.92 Å². The lowest BCUT2D eigenvalue weighted by atomic mass is 10.1. The van der Waals surface area contributed by atoms with Crippen molar-refractivity contribution in [2.45, 2.75) is 31.5 Å². The zero-order valence-electron chi connectivity index (χ0n) is 13.7. The number of aryl methyl sites for hydroxylation is 1. The van der Waals surface area contributed by atoms with Gasteiger partial charge in [-0.2, -0.15) is 0 Å². The summed E-state index contributed by atoms with van der Waals surface area (Å²) in [5.41, 5.74) is 2.62.